The van der Waals surface area contributed by atoms with Crippen molar-refractivity contribution in [1.82, 2.24) is 0 Å². The van der Waals surface area contributed by atoms with E-state index in [2.05, 4.69) is 6.92 Å². The van der Waals surface area contributed by atoms with Gasteiger partial charge in [0.15, 0.2) is 0 Å². The minimum atomic E-state index is -2.35. The molecule has 0 aromatic carbocycles. The number of rotatable bonds is 11. The highest BCUT2D eigenvalue weighted by molar-refractivity contribution is 6.60. The van der Waals surface area contributed by atoms with Crippen molar-refractivity contribution in [1.29, 1.82) is 0 Å². The fourth-order valence-electron chi connectivity index (χ4n) is 1.77. The summed E-state index contributed by atoms with van der Waals surface area (Å²) in [5.74, 6) is 0. The summed E-state index contributed by atoms with van der Waals surface area (Å²) in [4.78, 5) is 0. The van der Waals surface area contributed by atoms with E-state index in [-0.39, 0.29) is 4.70 Å². The molecule has 0 aliphatic carbocycles. The average Bonchev–Trinajstić information content (AvgIpc) is 2.26. The van der Waals surface area contributed by atoms with Gasteiger partial charge in [0, 0.05) is 25.9 Å². The topological polar surface area (TPSA) is 27.7 Å². The lowest BCUT2D eigenvalue weighted by Gasteiger charge is -2.28. The van der Waals surface area contributed by atoms with E-state index in [0.29, 0.717) is 19.8 Å². The molecule has 0 spiro atoms. The first-order chi connectivity index (χ1) is 7.74. The molecule has 5 heteroatoms. The minimum Gasteiger partial charge on any atom is -0.374 e. The smallest absolute Gasteiger partial charge is 0.374 e. The van der Waals surface area contributed by atoms with E-state index in [1.54, 1.807) is 0 Å². The van der Waals surface area contributed by atoms with E-state index in [1.807, 2.05) is 20.8 Å². The van der Waals surface area contributed by atoms with Crippen LogP contribution in [-0.4, -0.2) is 28.6 Å². The molecular weight excluding hydrogens is 239 g/mol. The molecule has 0 fully saturated rings. The third kappa shape index (κ3) is 8.71. The van der Waals surface area contributed by atoms with Crippen molar-refractivity contribution in [3.8, 4) is 0 Å². The van der Waals surface area contributed by atoms with Crippen molar-refractivity contribution in [2.45, 2.75) is 59.4 Å². The number of unbranched alkanes of at least 4 members (excludes halogenated alkanes) is 3. The summed E-state index contributed by atoms with van der Waals surface area (Å²) in [6.45, 7) is 10.3. The van der Waals surface area contributed by atoms with Crippen LogP contribution >= 0.6 is 0 Å². The summed E-state index contributed by atoms with van der Waals surface area (Å²) in [7, 11) is -2.35. The minimum absolute atomic E-state index is 0. The molecule has 0 N–H and O–H groups in total. The van der Waals surface area contributed by atoms with E-state index >= 15 is 0 Å². The molecule has 0 radical (unpaired) electrons. The second kappa shape index (κ2) is 12.5. The van der Waals surface area contributed by atoms with Crippen LogP contribution in [0.5, 0.6) is 0 Å². The quantitative estimate of drug-likeness (QED) is 0.422. The summed E-state index contributed by atoms with van der Waals surface area (Å²) in [6.07, 6.45) is 4.94. The molecule has 0 saturated carbocycles. The van der Waals surface area contributed by atoms with Gasteiger partial charge in [0.1, 0.15) is 0 Å². The molecule has 0 aliphatic rings. The van der Waals surface area contributed by atoms with Gasteiger partial charge >= 0.3 is 8.80 Å². The van der Waals surface area contributed by atoms with Crippen molar-refractivity contribution in [2.75, 3.05) is 19.8 Å². The SMILES string of the molecule is CCCCCC[Si](OCC)(OCC)OCC.F. The van der Waals surface area contributed by atoms with Gasteiger partial charge in [-0.15, -0.1) is 0 Å². The normalized spacial score (nSPS) is 11.3. The van der Waals surface area contributed by atoms with E-state index in [1.165, 1.54) is 19.3 Å². The van der Waals surface area contributed by atoms with E-state index in [4.69, 9.17) is 13.3 Å². The Hall–Kier alpha value is 0.0269. The van der Waals surface area contributed by atoms with Crippen molar-refractivity contribution in [3.05, 3.63) is 0 Å². The molecule has 0 saturated heterocycles. The van der Waals surface area contributed by atoms with Crippen LogP contribution in [0.2, 0.25) is 6.04 Å². The van der Waals surface area contributed by atoms with Crippen LogP contribution in [0.25, 0.3) is 0 Å². The number of halogens is 1. The molecular formula is C12H29FO3Si. The fraction of sp³-hybridized carbons (Fsp3) is 1.00. The third-order valence-corrected chi connectivity index (χ3v) is 5.58. The fourth-order valence-corrected chi connectivity index (χ4v) is 4.46. The molecule has 0 heterocycles. The Kier molecular flexibility index (Phi) is 14.2. The van der Waals surface area contributed by atoms with E-state index in [9.17, 15) is 0 Å². The summed E-state index contributed by atoms with van der Waals surface area (Å²) in [5, 5.41) is 0. The van der Waals surface area contributed by atoms with Crippen LogP contribution < -0.4 is 0 Å². The van der Waals surface area contributed by atoms with Crippen LogP contribution in [0.15, 0.2) is 0 Å². The maximum absolute atomic E-state index is 5.79. The maximum Gasteiger partial charge on any atom is 0.500 e. The largest absolute Gasteiger partial charge is 0.500 e. The van der Waals surface area contributed by atoms with Crippen LogP contribution in [-0.2, 0) is 13.3 Å². The lowest BCUT2D eigenvalue weighted by molar-refractivity contribution is 0.0706. The molecule has 0 aliphatic heterocycles. The van der Waals surface area contributed by atoms with Crippen LogP contribution in [0.4, 0.5) is 4.70 Å². The van der Waals surface area contributed by atoms with Crippen molar-refractivity contribution in [2.24, 2.45) is 0 Å². The van der Waals surface area contributed by atoms with Crippen LogP contribution in [0.1, 0.15) is 53.4 Å². The zero-order valence-corrected chi connectivity index (χ0v) is 12.8. The molecule has 106 valence electrons. The van der Waals surface area contributed by atoms with Gasteiger partial charge in [0.2, 0.25) is 0 Å². The van der Waals surface area contributed by atoms with E-state index in [0.717, 1.165) is 12.5 Å². The Balaban J connectivity index is 0. The molecule has 0 aromatic heterocycles. The molecule has 3 nitrogen and oxygen atoms in total. The summed E-state index contributed by atoms with van der Waals surface area (Å²) in [6, 6.07) is 0.961. The maximum atomic E-state index is 5.79. The average molecular weight is 268 g/mol. The van der Waals surface area contributed by atoms with Crippen molar-refractivity contribution in [3.63, 3.8) is 0 Å². The zero-order chi connectivity index (χ0) is 12.3. The summed E-state index contributed by atoms with van der Waals surface area (Å²) in [5.41, 5.74) is 0. The van der Waals surface area contributed by atoms with Crippen LogP contribution in [0, 0.1) is 0 Å². The van der Waals surface area contributed by atoms with Gasteiger partial charge in [0.05, 0.1) is 0 Å². The van der Waals surface area contributed by atoms with Gasteiger partial charge < -0.3 is 13.3 Å². The van der Waals surface area contributed by atoms with Gasteiger partial charge in [-0.3, -0.25) is 4.70 Å². The Labute approximate surface area is 107 Å². The molecule has 0 aromatic rings. The second-order valence-corrected chi connectivity index (χ2v) is 6.52. The predicted molar refractivity (Wildman–Crippen MR) is 72.1 cm³/mol. The van der Waals surface area contributed by atoms with Gasteiger partial charge in [-0.2, -0.15) is 0 Å². The van der Waals surface area contributed by atoms with Gasteiger partial charge in [-0.25, -0.2) is 0 Å². The number of hydrogen-bond acceptors (Lipinski definition) is 3. The number of hydrogen-bond donors (Lipinski definition) is 0. The summed E-state index contributed by atoms with van der Waals surface area (Å²) >= 11 is 0. The molecule has 17 heavy (non-hydrogen) atoms. The van der Waals surface area contributed by atoms with E-state index < -0.39 is 8.80 Å². The van der Waals surface area contributed by atoms with Gasteiger partial charge in [0.25, 0.3) is 0 Å². The molecule has 0 unspecified atom stereocenters. The second-order valence-electron chi connectivity index (χ2n) is 3.79. The van der Waals surface area contributed by atoms with Crippen LogP contribution in [0.3, 0.4) is 0 Å². The van der Waals surface area contributed by atoms with Gasteiger partial charge in [-0.05, 0) is 27.2 Å². The Morgan fingerprint density at radius 1 is 0.706 bits per heavy atom. The lowest BCUT2D eigenvalue weighted by atomic mass is 10.2. The first kappa shape index (κ1) is 19.4. The Bertz CT molecular complexity index is 142. The molecule has 0 bridgehead atoms. The monoisotopic (exact) mass is 268 g/mol. The predicted octanol–water partition coefficient (Wildman–Crippen LogP) is 3.77. The highest BCUT2D eigenvalue weighted by atomic mass is 28.4. The zero-order valence-electron chi connectivity index (χ0n) is 11.8. The molecule has 0 amide bonds. The molecule has 0 atom stereocenters. The standard InChI is InChI=1S/C12H28O3Si.FH/c1-5-9-10-11-12-16(13-6-2,14-7-3)15-8-4;/h5-12H2,1-4H3;1H. The third-order valence-electron chi connectivity index (χ3n) is 2.43. The Morgan fingerprint density at radius 2 is 1.18 bits per heavy atom. The van der Waals surface area contributed by atoms with Crippen molar-refractivity contribution < 1.29 is 18.0 Å². The van der Waals surface area contributed by atoms with Gasteiger partial charge in [-0.1, -0.05) is 26.2 Å². The molecule has 0 rings (SSSR count). The highest BCUT2D eigenvalue weighted by Crippen LogP contribution is 2.20. The van der Waals surface area contributed by atoms with Crippen molar-refractivity contribution >= 4 is 8.80 Å². The lowest BCUT2D eigenvalue weighted by Crippen LogP contribution is -2.45. The highest BCUT2D eigenvalue weighted by Gasteiger charge is 2.39. The Morgan fingerprint density at radius 3 is 1.53 bits per heavy atom. The summed E-state index contributed by atoms with van der Waals surface area (Å²) < 4.78 is 17.4. The first-order valence-electron chi connectivity index (χ1n) is 6.66. The first-order valence-corrected chi connectivity index (χ1v) is 8.59.